The summed E-state index contributed by atoms with van der Waals surface area (Å²) < 4.78 is 20.7. The van der Waals surface area contributed by atoms with Crippen molar-refractivity contribution in [1.82, 2.24) is 0 Å². The Hall–Kier alpha value is -3.22. The lowest BCUT2D eigenvalue weighted by Gasteiger charge is -2.18. The maximum absolute atomic E-state index is 12.2. The van der Waals surface area contributed by atoms with Crippen LogP contribution in [0, 0.1) is 0 Å². The van der Waals surface area contributed by atoms with Gasteiger partial charge in [-0.05, 0) is 30.3 Å². The molecule has 0 spiro atoms. The molecule has 1 aliphatic heterocycles. The van der Waals surface area contributed by atoms with Crippen molar-refractivity contribution in [1.29, 1.82) is 0 Å². The summed E-state index contributed by atoms with van der Waals surface area (Å²) in [6.45, 7) is 0.420. The predicted molar refractivity (Wildman–Crippen MR) is 86.7 cm³/mol. The van der Waals surface area contributed by atoms with Crippen molar-refractivity contribution in [2.75, 3.05) is 26.9 Å². The third-order valence-corrected chi connectivity index (χ3v) is 3.62. The third-order valence-electron chi connectivity index (χ3n) is 3.62. The van der Waals surface area contributed by atoms with Crippen molar-refractivity contribution < 1.29 is 33.6 Å². The maximum Gasteiger partial charge on any atom is 0.342 e. The first-order valence-corrected chi connectivity index (χ1v) is 7.55. The van der Waals surface area contributed by atoms with E-state index in [1.54, 1.807) is 18.2 Å². The molecule has 2 aromatic carbocycles. The van der Waals surface area contributed by atoms with E-state index in [9.17, 15) is 14.7 Å². The van der Waals surface area contributed by atoms with Crippen LogP contribution >= 0.6 is 0 Å². The van der Waals surface area contributed by atoms with Gasteiger partial charge in [0, 0.05) is 11.6 Å². The van der Waals surface area contributed by atoms with Gasteiger partial charge in [-0.1, -0.05) is 0 Å². The molecular formula is C18H16O7. The standard InChI is InChI=1S/C18H16O7/c1-22-12-3-4-13(14(19)9-12)18(21)25-10-15(20)11-2-5-16-17(8-11)24-7-6-23-16/h2-5,8-9,19H,6-7,10H2,1H3. The van der Waals surface area contributed by atoms with Gasteiger partial charge in [-0.2, -0.15) is 0 Å². The van der Waals surface area contributed by atoms with Crippen molar-refractivity contribution in [2.24, 2.45) is 0 Å². The van der Waals surface area contributed by atoms with Gasteiger partial charge in [-0.25, -0.2) is 4.79 Å². The van der Waals surface area contributed by atoms with E-state index in [0.717, 1.165) is 0 Å². The molecule has 0 saturated carbocycles. The molecule has 0 unspecified atom stereocenters. The Morgan fingerprint density at radius 3 is 2.56 bits per heavy atom. The van der Waals surface area contributed by atoms with Crippen molar-refractivity contribution in [3.05, 3.63) is 47.5 Å². The second-order valence-electron chi connectivity index (χ2n) is 5.24. The average Bonchev–Trinajstić information content (AvgIpc) is 2.65. The minimum Gasteiger partial charge on any atom is -0.507 e. The Morgan fingerprint density at radius 1 is 1.08 bits per heavy atom. The smallest absolute Gasteiger partial charge is 0.342 e. The quantitative estimate of drug-likeness (QED) is 0.657. The van der Waals surface area contributed by atoms with Gasteiger partial charge in [0.05, 0.1) is 7.11 Å². The first-order chi connectivity index (χ1) is 12.1. The number of rotatable bonds is 5. The molecule has 0 fully saturated rings. The van der Waals surface area contributed by atoms with E-state index in [4.69, 9.17) is 18.9 Å². The lowest BCUT2D eigenvalue weighted by molar-refractivity contribution is 0.0471. The summed E-state index contributed by atoms with van der Waals surface area (Å²) in [5, 5.41) is 9.81. The number of benzene rings is 2. The van der Waals surface area contributed by atoms with E-state index in [-0.39, 0.29) is 11.3 Å². The molecule has 3 rings (SSSR count). The summed E-state index contributed by atoms with van der Waals surface area (Å²) in [7, 11) is 1.44. The zero-order valence-electron chi connectivity index (χ0n) is 13.5. The monoisotopic (exact) mass is 344 g/mol. The number of ketones is 1. The summed E-state index contributed by atoms with van der Waals surface area (Å²) in [5.41, 5.74) is 0.298. The molecular weight excluding hydrogens is 328 g/mol. The van der Waals surface area contributed by atoms with Gasteiger partial charge in [-0.15, -0.1) is 0 Å². The van der Waals surface area contributed by atoms with E-state index in [1.165, 1.54) is 25.3 Å². The Morgan fingerprint density at radius 2 is 1.84 bits per heavy atom. The molecule has 0 aromatic heterocycles. The number of phenolic OH excluding ortho intramolecular Hbond substituents is 1. The predicted octanol–water partition coefficient (Wildman–Crippen LogP) is 2.21. The molecule has 0 atom stereocenters. The number of Topliss-reactive ketones (excluding diaryl/α,β-unsaturated/α-hetero) is 1. The zero-order chi connectivity index (χ0) is 17.8. The largest absolute Gasteiger partial charge is 0.507 e. The average molecular weight is 344 g/mol. The van der Waals surface area contributed by atoms with Crippen molar-refractivity contribution >= 4 is 11.8 Å². The van der Waals surface area contributed by atoms with Gasteiger partial charge in [-0.3, -0.25) is 4.79 Å². The lowest BCUT2D eigenvalue weighted by Crippen LogP contribution is -2.17. The molecule has 7 nitrogen and oxygen atoms in total. The van der Waals surface area contributed by atoms with Crippen LogP contribution in [0.25, 0.3) is 0 Å². The lowest BCUT2D eigenvalue weighted by atomic mass is 10.1. The Bertz CT molecular complexity index is 813. The van der Waals surface area contributed by atoms with Crippen LogP contribution in [0.5, 0.6) is 23.0 Å². The number of methoxy groups -OCH3 is 1. The number of fused-ring (bicyclic) bond motifs is 1. The zero-order valence-corrected chi connectivity index (χ0v) is 13.5. The summed E-state index contributed by atoms with van der Waals surface area (Å²) in [6.07, 6.45) is 0. The maximum atomic E-state index is 12.2. The van der Waals surface area contributed by atoms with E-state index in [1.807, 2.05) is 0 Å². The highest BCUT2D eigenvalue weighted by Crippen LogP contribution is 2.31. The first kappa shape index (κ1) is 16.6. The summed E-state index contributed by atoms with van der Waals surface area (Å²) in [4.78, 5) is 24.2. The highest BCUT2D eigenvalue weighted by molar-refractivity contribution is 6.00. The topological polar surface area (TPSA) is 91.3 Å². The number of phenols is 1. The van der Waals surface area contributed by atoms with Crippen LogP contribution < -0.4 is 14.2 Å². The molecule has 0 radical (unpaired) electrons. The van der Waals surface area contributed by atoms with Crippen LogP contribution in [0.15, 0.2) is 36.4 Å². The molecule has 1 aliphatic rings. The minimum atomic E-state index is -0.800. The summed E-state index contributed by atoms with van der Waals surface area (Å²) >= 11 is 0. The van der Waals surface area contributed by atoms with Crippen LogP contribution in [0.2, 0.25) is 0 Å². The molecule has 0 aliphatic carbocycles. The highest BCUT2D eigenvalue weighted by Gasteiger charge is 2.18. The van der Waals surface area contributed by atoms with Gasteiger partial charge < -0.3 is 24.1 Å². The molecule has 0 bridgehead atoms. The van der Waals surface area contributed by atoms with Crippen molar-refractivity contribution in [3.8, 4) is 23.0 Å². The van der Waals surface area contributed by atoms with Gasteiger partial charge in [0.2, 0.25) is 0 Å². The number of hydrogen-bond acceptors (Lipinski definition) is 7. The van der Waals surface area contributed by atoms with Crippen molar-refractivity contribution in [2.45, 2.75) is 0 Å². The normalized spacial score (nSPS) is 12.4. The number of carbonyl (C=O) groups is 2. The van der Waals surface area contributed by atoms with Crippen LogP contribution in [-0.4, -0.2) is 43.8 Å². The minimum absolute atomic E-state index is 0.0456. The van der Waals surface area contributed by atoms with Gasteiger partial charge in [0.15, 0.2) is 23.9 Å². The molecule has 130 valence electrons. The van der Waals surface area contributed by atoms with Gasteiger partial charge in [0.1, 0.15) is 30.3 Å². The first-order valence-electron chi connectivity index (χ1n) is 7.55. The van der Waals surface area contributed by atoms with E-state index in [0.29, 0.717) is 36.0 Å². The van der Waals surface area contributed by atoms with Crippen LogP contribution in [0.4, 0.5) is 0 Å². The summed E-state index contributed by atoms with van der Waals surface area (Å²) in [5.74, 6) is -0.0129. The Kier molecular flexibility index (Phi) is 4.74. The molecule has 0 saturated heterocycles. The molecule has 25 heavy (non-hydrogen) atoms. The number of esters is 1. The van der Waals surface area contributed by atoms with E-state index >= 15 is 0 Å². The highest BCUT2D eigenvalue weighted by atomic mass is 16.6. The molecule has 7 heteroatoms. The molecule has 1 heterocycles. The molecule has 0 amide bonds. The number of ether oxygens (including phenoxy) is 4. The molecule has 2 aromatic rings. The van der Waals surface area contributed by atoms with Crippen LogP contribution in [0.3, 0.4) is 0 Å². The van der Waals surface area contributed by atoms with E-state index < -0.39 is 18.4 Å². The molecule has 1 N–H and O–H groups in total. The van der Waals surface area contributed by atoms with Crippen LogP contribution in [0.1, 0.15) is 20.7 Å². The van der Waals surface area contributed by atoms with Gasteiger partial charge in [0.25, 0.3) is 0 Å². The second-order valence-corrected chi connectivity index (χ2v) is 5.24. The number of aromatic hydroxyl groups is 1. The fourth-order valence-corrected chi connectivity index (χ4v) is 2.32. The SMILES string of the molecule is COc1ccc(C(=O)OCC(=O)c2ccc3c(c2)OCCO3)c(O)c1. The van der Waals surface area contributed by atoms with Crippen molar-refractivity contribution in [3.63, 3.8) is 0 Å². The second kappa shape index (κ2) is 7.12. The fraction of sp³-hybridized carbons (Fsp3) is 0.222. The fourth-order valence-electron chi connectivity index (χ4n) is 2.32. The number of carbonyl (C=O) groups excluding carboxylic acids is 2. The van der Waals surface area contributed by atoms with E-state index in [2.05, 4.69) is 0 Å². The Balaban J connectivity index is 1.65. The summed E-state index contributed by atoms with van der Waals surface area (Å²) in [6, 6.07) is 8.94. The third kappa shape index (κ3) is 3.65. The van der Waals surface area contributed by atoms with Gasteiger partial charge >= 0.3 is 5.97 Å². The van der Waals surface area contributed by atoms with Crippen LogP contribution in [-0.2, 0) is 4.74 Å². The number of hydrogen-bond donors (Lipinski definition) is 1. The Labute approximate surface area is 143 Å².